The minimum Gasteiger partial charge on any atom is -0.491 e. The molecule has 3 rings (SSSR count). The van der Waals surface area contributed by atoms with Crippen molar-refractivity contribution in [2.75, 3.05) is 23.7 Å². The van der Waals surface area contributed by atoms with Gasteiger partial charge in [-0.05, 0) is 48.7 Å². The number of anilines is 1. The van der Waals surface area contributed by atoms with Gasteiger partial charge in [-0.25, -0.2) is 8.42 Å². The molecule has 3 aromatic rings. The predicted molar refractivity (Wildman–Crippen MR) is 128 cm³/mol. The Balaban J connectivity index is 1.72. The average molecular weight is 453 g/mol. The van der Waals surface area contributed by atoms with Crippen LogP contribution in [0.1, 0.15) is 27.0 Å². The van der Waals surface area contributed by atoms with Crippen LogP contribution in [0.15, 0.2) is 72.8 Å². The molecule has 0 aliphatic carbocycles. The Morgan fingerprint density at radius 1 is 0.969 bits per heavy atom. The highest BCUT2D eigenvalue weighted by molar-refractivity contribution is 7.92. The van der Waals surface area contributed by atoms with Crippen LogP contribution in [0.25, 0.3) is 0 Å². The molecule has 0 fully saturated rings. The summed E-state index contributed by atoms with van der Waals surface area (Å²) in [6, 6.07) is 22.0. The molecule has 6 nitrogen and oxygen atoms in total. The molecule has 0 aliphatic heterocycles. The molecule has 0 aliphatic rings. The highest BCUT2D eigenvalue weighted by Crippen LogP contribution is 2.25. The lowest BCUT2D eigenvalue weighted by Gasteiger charge is -2.24. The van der Waals surface area contributed by atoms with Crippen molar-refractivity contribution in [2.24, 2.45) is 0 Å². The molecule has 32 heavy (non-hydrogen) atoms. The third-order valence-corrected chi connectivity index (χ3v) is 6.10. The Labute approximate surface area is 189 Å². The molecule has 0 aromatic heterocycles. The first-order valence-electron chi connectivity index (χ1n) is 10.3. The lowest BCUT2D eigenvalue weighted by Crippen LogP contribution is -2.33. The molecule has 7 heteroatoms. The van der Waals surface area contributed by atoms with Crippen LogP contribution in [0.2, 0.25) is 0 Å². The molecule has 0 saturated carbocycles. The Morgan fingerprint density at radius 2 is 1.66 bits per heavy atom. The fraction of sp³-hybridized carbons (Fsp3) is 0.240. The van der Waals surface area contributed by atoms with Gasteiger partial charge in [0, 0.05) is 0 Å². The van der Waals surface area contributed by atoms with E-state index in [9.17, 15) is 13.2 Å². The van der Waals surface area contributed by atoms with Crippen LogP contribution in [0.4, 0.5) is 5.69 Å². The van der Waals surface area contributed by atoms with E-state index >= 15 is 0 Å². The van der Waals surface area contributed by atoms with Gasteiger partial charge in [0.25, 0.3) is 5.91 Å². The number of carbonyl (C=O) groups is 1. The van der Waals surface area contributed by atoms with Gasteiger partial charge < -0.3 is 10.1 Å². The van der Waals surface area contributed by atoms with Gasteiger partial charge in [0.2, 0.25) is 10.0 Å². The van der Waals surface area contributed by atoms with Crippen LogP contribution in [-0.2, 0) is 16.6 Å². The largest absolute Gasteiger partial charge is 0.491 e. The number of ether oxygens (including phenoxy) is 1. The maximum absolute atomic E-state index is 12.9. The SMILES string of the molecule is Cc1ccc(C)c(OCCNC(=O)c2ccccc2N(Cc2ccccc2)S(C)(=O)=O)c1. The number of nitrogens with zero attached hydrogens (tertiary/aromatic N) is 1. The van der Waals surface area contributed by atoms with E-state index in [-0.39, 0.29) is 19.0 Å². The van der Waals surface area contributed by atoms with Gasteiger partial charge in [-0.1, -0.05) is 54.6 Å². The Kier molecular flexibility index (Phi) is 7.53. The zero-order chi connectivity index (χ0) is 23.1. The van der Waals surface area contributed by atoms with Gasteiger partial charge in [0.05, 0.1) is 30.6 Å². The summed E-state index contributed by atoms with van der Waals surface area (Å²) in [4.78, 5) is 12.9. The molecular weight excluding hydrogens is 424 g/mol. The summed E-state index contributed by atoms with van der Waals surface area (Å²) in [6.45, 7) is 4.69. The molecular formula is C25H28N2O4S. The van der Waals surface area contributed by atoms with E-state index < -0.39 is 10.0 Å². The minimum atomic E-state index is -3.61. The number of nitrogens with one attached hydrogen (secondary N) is 1. The normalized spacial score (nSPS) is 11.1. The number of sulfonamides is 1. The zero-order valence-corrected chi connectivity index (χ0v) is 19.4. The second-order valence-corrected chi connectivity index (χ2v) is 9.55. The van der Waals surface area contributed by atoms with Crippen LogP contribution in [-0.4, -0.2) is 33.7 Å². The van der Waals surface area contributed by atoms with Crippen molar-refractivity contribution >= 4 is 21.6 Å². The van der Waals surface area contributed by atoms with Crippen LogP contribution in [0.5, 0.6) is 5.75 Å². The number of carbonyl (C=O) groups excluding carboxylic acids is 1. The molecule has 0 bridgehead atoms. The molecule has 3 aromatic carbocycles. The zero-order valence-electron chi connectivity index (χ0n) is 18.5. The summed E-state index contributed by atoms with van der Waals surface area (Å²) in [6.07, 6.45) is 1.14. The first-order chi connectivity index (χ1) is 15.3. The number of aryl methyl sites for hydroxylation is 2. The Bertz CT molecular complexity index is 1180. The first-order valence-corrected chi connectivity index (χ1v) is 12.2. The van der Waals surface area contributed by atoms with Crippen molar-refractivity contribution in [3.05, 3.63) is 95.1 Å². The summed E-state index contributed by atoms with van der Waals surface area (Å²) in [7, 11) is -3.61. The third kappa shape index (κ3) is 6.11. The summed E-state index contributed by atoms with van der Waals surface area (Å²) in [5, 5.41) is 2.83. The van der Waals surface area contributed by atoms with E-state index in [2.05, 4.69) is 5.32 Å². The standard InChI is InChI=1S/C25H28N2O4S/c1-19-13-14-20(2)24(17-19)31-16-15-26-25(28)22-11-7-8-12-23(22)27(32(3,29)30)18-21-9-5-4-6-10-21/h4-14,17H,15-16,18H2,1-3H3,(H,26,28). The van der Waals surface area contributed by atoms with E-state index in [1.165, 1.54) is 4.31 Å². The van der Waals surface area contributed by atoms with Crippen molar-refractivity contribution < 1.29 is 17.9 Å². The van der Waals surface area contributed by atoms with Gasteiger partial charge in [-0.15, -0.1) is 0 Å². The molecule has 0 unspecified atom stereocenters. The number of para-hydroxylation sites is 1. The average Bonchev–Trinajstić information content (AvgIpc) is 2.77. The number of hydrogen-bond donors (Lipinski definition) is 1. The maximum Gasteiger partial charge on any atom is 0.253 e. The van der Waals surface area contributed by atoms with Gasteiger partial charge in [-0.3, -0.25) is 9.10 Å². The summed E-state index contributed by atoms with van der Waals surface area (Å²) in [5.41, 5.74) is 3.59. The Morgan fingerprint density at radius 3 is 2.38 bits per heavy atom. The van der Waals surface area contributed by atoms with Gasteiger partial charge in [0.15, 0.2) is 0 Å². The summed E-state index contributed by atoms with van der Waals surface area (Å²) in [5.74, 6) is 0.428. The monoisotopic (exact) mass is 452 g/mol. The minimum absolute atomic E-state index is 0.139. The number of rotatable bonds is 9. The van der Waals surface area contributed by atoms with Crippen molar-refractivity contribution in [1.29, 1.82) is 0 Å². The molecule has 0 saturated heterocycles. The molecule has 0 spiro atoms. The number of amides is 1. The Hall–Kier alpha value is -3.32. The van der Waals surface area contributed by atoms with E-state index in [1.54, 1.807) is 24.3 Å². The molecule has 1 N–H and O–H groups in total. The van der Waals surface area contributed by atoms with Gasteiger partial charge in [0.1, 0.15) is 12.4 Å². The lowest BCUT2D eigenvalue weighted by molar-refractivity contribution is 0.0947. The second kappa shape index (κ2) is 10.3. The van der Waals surface area contributed by atoms with Gasteiger partial charge in [-0.2, -0.15) is 0 Å². The number of benzene rings is 3. The lowest BCUT2D eigenvalue weighted by atomic mass is 10.1. The first kappa shape index (κ1) is 23.3. The van der Waals surface area contributed by atoms with E-state index in [1.807, 2.05) is 62.4 Å². The molecule has 0 heterocycles. The van der Waals surface area contributed by atoms with Crippen LogP contribution in [0.3, 0.4) is 0 Å². The quantitative estimate of drug-likeness (QED) is 0.497. The molecule has 1 amide bonds. The summed E-state index contributed by atoms with van der Waals surface area (Å²) >= 11 is 0. The second-order valence-electron chi connectivity index (χ2n) is 7.65. The van der Waals surface area contributed by atoms with E-state index in [0.29, 0.717) is 17.9 Å². The van der Waals surface area contributed by atoms with E-state index in [4.69, 9.17) is 4.74 Å². The van der Waals surface area contributed by atoms with Crippen molar-refractivity contribution in [3.8, 4) is 5.75 Å². The smallest absolute Gasteiger partial charge is 0.253 e. The number of hydrogen-bond acceptors (Lipinski definition) is 4. The predicted octanol–water partition coefficient (Wildman–Crippen LogP) is 4.08. The molecule has 0 radical (unpaired) electrons. The highest BCUT2D eigenvalue weighted by atomic mass is 32.2. The van der Waals surface area contributed by atoms with Crippen molar-refractivity contribution in [2.45, 2.75) is 20.4 Å². The molecule has 168 valence electrons. The highest BCUT2D eigenvalue weighted by Gasteiger charge is 2.23. The van der Waals surface area contributed by atoms with Crippen LogP contribution < -0.4 is 14.4 Å². The summed E-state index contributed by atoms with van der Waals surface area (Å²) < 4.78 is 32.2. The van der Waals surface area contributed by atoms with Crippen molar-refractivity contribution in [3.63, 3.8) is 0 Å². The van der Waals surface area contributed by atoms with Crippen molar-refractivity contribution in [1.82, 2.24) is 5.32 Å². The van der Waals surface area contributed by atoms with Gasteiger partial charge >= 0.3 is 0 Å². The topological polar surface area (TPSA) is 75.7 Å². The molecule has 0 atom stereocenters. The third-order valence-electron chi connectivity index (χ3n) is 4.98. The van der Waals surface area contributed by atoms with Crippen LogP contribution >= 0.6 is 0 Å². The van der Waals surface area contributed by atoms with Crippen LogP contribution in [0, 0.1) is 13.8 Å². The van der Waals surface area contributed by atoms with E-state index in [0.717, 1.165) is 28.7 Å². The maximum atomic E-state index is 12.9. The fourth-order valence-corrected chi connectivity index (χ4v) is 4.20. The fourth-order valence-electron chi connectivity index (χ4n) is 3.30.